The van der Waals surface area contributed by atoms with E-state index in [-0.39, 0.29) is 6.42 Å². The molecule has 4 N–H and O–H groups in total. The minimum absolute atomic E-state index is 0.178. The molecule has 0 spiro atoms. The monoisotopic (exact) mass is 500 g/mol. The molecule has 0 saturated heterocycles. The maximum Gasteiger partial charge on any atom is 0.243 e. The van der Waals surface area contributed by atoms with E-state index in [1.54, 1.807) is 12.6 Å². The van der Waals surface area contributed by atoms with Gasteiger partial charge < -0.3 is 15.0 Å². The van der Waals surface area contributed by atoms with E-state index in [2.05, 4.69) is 37.5 Å². The first-order chi connectivity index (χ1) is 13.0. The molecule has 2 heterocycles. The molecule has 0 aliphatic carbocycles. The topological polar surface area (TPSA) is 128 Å². The number of methoxy groups -OCH3 is 1. The number of nitrogens with zero attached hydrogens (tertiary/aromatic N) is 4. The van der Waals surface area contributed by atoms with Crippen LogP contribution in [0, 0.1) is 3.57 Å². The Kier molecular flexibility index (Phi) is 6.34. The van der Waals surface area contributed by atoms with Crippen molar-refractivity contribution in [1.29, 1.82) is 0 Å². The molecule has 0 bridgehead atoms. The van der Waals surface area contributed by atoms with Crippen molar-refractivity contribution in [3.8, 4) is 5.75 Å². The molecular weight excluding hydrogens is 483 g/mol. The average Bonchev–Trinajstić information content (AvgIpc) is 3.02. The molecule has 11 heteroatoms. The predicted octanol–water partition coefficient (Wildman–Crippen LogP) is 2.46. The van der Waals surface area contributed by atoms with Crippen molar-refractivity contribution in [2.75, 3.05) is 12.8 Å². The summed E-state index contributed by atoms with van der Waals surface area (Å²) in [6, 6.07) is 5.80. The first-order valence-corrected chi connectivity index (χ1v) is 9.84. The molecule has 3 aromatic rings. The number of aromatic nitrogens is 4. The Balaban J connectivity index is 1.97. The molecule has 0 aliphatic heterocycles. The number of hydrogen-bond donors (Lipinski definition) is 3. The molecule has 9 nitrogen and oxygen atoms in total. The highest BCUT2D eigenvalue weighted by molar-refractivity contribution is 14.1. The second-order valence-electron chi connectivity index (χ2n) is 5.51. The lowest BCUT2D eigenvalue weighted by atomic mass is 10.3. The molecule has 3 rings (SSSR count). The van der Waals surface area contributed by atoms with Gasteiger partial charge in [0.2, 0.25) is 5.91 Å². The van der Waals surface area contributed by atoms with Crippen LogP contribution < -0.4 is 16.0 Å². The second kappa shape index (κ2) is 8.71. The summed E-state index contributed by atoms with van der Waals surface area (Å²) < 4.78 is 8.26. The first kappa shape index (κ1) is 19.6. The van der Waals surface area contributed by atoms with E-state index in [9.17, 15) is 4.79 Å². The zero-order chi connectivity index (χ0) is 19.4. The van der Waals surface area contributed by atoms with E-state index < -0.39 is 5.91 Å². The summed E-state index contributed by atoms with van der Waals surface area (Å²) in [5, 5.41) is 9.34. The van der Waals surface area contributed by atoms with Gasteiger partial charge in [-0.2, -0.15) is 0 Å². The Morgan fingerprint density at radius 1 is 1.44 bits per heavy atom. The van der Waals surface area contributed by atoms with Crippen molar-refractivity contribution in [2.45, 2.75) is 29.4 Å². The van der Waals surface area contributed by atoms with Crippen LogP contribution in [-0.2, 0) is 11.3 Å². The SMILES string of the molecule is COc1ccc(I)c(Sc2nc3c(N)ncnc3n2CCCC(=O)NO)c1. The van der Waals surface area contributed by atoms with E-state index in [1.807, 2.05) is 22.8 Å². The lowest BCUT2D eigenvalue weighted by Crippen LogP contribution is -2.18. The van der Waals surface area contributed by atoms with Crippen LogP contribution in [0.5, 0.6) is 5.75 Å². The third kappa shape index (κ3) is 4.42. The number of nitrogens with one attached hydrogen (secondary N) is 1. The number of rotatable bonds is 7. The zero-order valence-corrected chi connectivity index (χ0v) is 17.3. The summed E-state index contributed by atoms with van der Waals surface area (Å²) in [5.74, 6) is 0.610. The highest BCUT2D eigenvalue weighted by Crippen LogP contribution is 2.35. The lowest BCUT2D eigenvalue weighted by molar-refractivity contribution is -0.129. The number of fused-ring (bicyclic) bond motifs is 1. The van der Waals surface area contributed by atoms with E-state index in [1.165, 1.54) is 18.1 Å². The highest BCUT2D eigenvalue weighted by atomic mass is 127. The van der Waals surface area contributed by atoms with E-state index in [0.717, 1.165) is 14.2 Å². The number of nitrogen functional groups attached to an aromatic ring is 1. The lowest BCUT2D eigenvalue weighted by Gasteiger charge is -2.10. The number of hydrogen-bond acceptors (Lipinski definition) is 8. The number of benzene rings is 1. The van der Waals surface area contributed by atoms with Gasteiger partial charge in [0.05, 0.1) is 7.11 Å². The number of amides is 1. The van der Waals surface area contributed by atoms with Crippen LogP contribution in [-0.4, -0.2) is 37.7 Å². The number of aryl methyl sites for hydroxylation is 1. The van der Waals surface area contributed by atoms with Crippen LogP contribution >= 0.6 is 34.4 Å². The highest BCUT2D eigenvalue weighted by Gasteiger charge is 2.17. The number of ether oxygens (including phenoxy) is 1. The van der Waals surface area contributed by atoms with E-state index in [0.29, 0.717) is 35.1 Å². The third-order valence-corrected chi connectivity index (χ3v) is 6.13. The Morgan fingerprint density at radius 3 is 3.00 bits per heavy atom. The fourth-order valence-corrected chi connectivity index (χ4v) is 4.08. The van der Waals surface area contributed by atoms with Crippen LogP contribution in [0.15, 0.2) is 34.6 Å². The van der Waals surface area contributed by atoms with Gasteiger partial charge in [0.15, 0.2) is 22.1 Å². The normalized spacial score (nSPS) is 10.9. The van der Waals surface area contributed by atoms with Crippen molar-refractivity contribution >= 4 is 57.2 Å². The van der Waals surface area contributed by atoms with Gasteiger partial charge in [0, 0.05) is 21.4 Å². The molecule has 0 atom stereocenters. The summed E-state index contributed by atoms with van der Waals surface area (Å²) in [6.45, 7) is 0.489. The predicted molar refractivity (Wildman–Crippen MR) is 109 cm³/mol. The average molecular weight is 500 g/mol. The van der Waals surface area contributed by atoms with Gasteiger partial charge >= 0.3 is 0 Å². The Labute approximate surface area is 172 Å². The summed E-state index contributed by atoms with van der Waals surface area (Å²) in [7, 11) is 1.62. The van der Waals surface area contributed by atoms with Gasteiger partial charge in [-0.15, -0.1) is 0 Å². The van der Waals surface area contributed by atoms with Gasteiger partial charge in [0.1, 0.15) is 12.1 Å². The number of hydroxylamine groups is 1. The standard InChI is InChI=1S/C16H17IN6O3S/c1-26-9-4-5-10(17)11(7-9)27-16-21-13-14(18)19-8-20-15(13)23(16)6-2-3-12(24)22-25/h4-5,7-8,25H,2-3,6H2,1H3,(H,22,24)(H2,18,19,20). The molecule has 0 fully saturated rings. The Bertz CT molecular complexity index is 980. The molecule has 0 unspecified atom stereocenters. The summed E-state index contributed by atoms with van der Waals surface area (Å²) in [6.07, 6.45) is 2.07. The van der Waals surface area contributed by atoms with Gasteiger partial charge in [-0.1, -0.05) is 11.8 Å². The molecule has 27 heavy (non-hydrogen) atoms. The Morgan fingerprint density at radius 2 is 2.26 bits per heavy atom. The fourth-order valence-electron chi connectivity index (χ4n) is 2.45. The summed E-state index contributed by atoms with van der Waals surface area (Å²) in [5.41, 5.74) is 8.71. The van der Waals surface area contributed by atoms with Crippen molar-refractivity contribution in [1.82, 2.24) is 25.0 Å². The number of halogens is 1. The smallest absolute Gasteiger partial charge is 0.243 e. The minimum Gasteiger partial charge on any atom is -0.497 e. The first-order valence-electron chi connectivity index (χ1n) is 7.94. The van der Waals surface area contributed by atoms with Crippen molar-refractivity contribution in [3.05, 3.63) is 28.1 Å². The molecule has 1 aromatic carbocycles. The number of carbonyl (C=O) groups is 1. The van der Waals surface area contributed by atoms with Crippen LogP contribution in [0.2, 0.25) is 0 Å². The van der Waals surface area contributed by atoms with Crippen molar-refractivity contribution < 1.29 is 14.7 Å². The van der Waals surface area contributed by atoms with Crippen molar-refractivity contribution in [3.63, 3.8) is 0 Å². The fraction of sp³-hybridized carbons (Fsp3) is 0.250. The van der Waals surface area contributed by atoms with Crippen LogP contribution in [0.3, 0.4) is 0 Å². The number of anilines is 1. The molecule has 0 aliphatic rings. The maximum atomic E-state index is 11.3. The summed E-state index contributed by atoms with van der Waals surface area (Å²) >= 11 is 3.71. The van der Waals surface area contributed by atoms with Gasteiger partial charge in [-0.3, -0.25) is 10.0 Å². The maximum absolute atomic E-state index is 11.3. The van der Waals surface area contributed by atoms with Gasteiger partial charge in [-0.25, -0.2) is 20.4 Å². The van der Waals surface area contributed by atoms with Crippen molar-refractivity contribution in [2.24, 2.45) is 0 Å². The molecule has 0 saturated carbocycles. The third-order valence-electron chi connectivity index (χ3n) is 3.78. The number of carbonyl (C=O) groups excluding carboxylic acids is 1. The van der Waals surface area contributed by atoms with Crippen LogP contribution in [0.4, 0.5) is 5.82 Å². The largest absolute Gasteiger partial charge is 0.497 e. The number of imidazole rings is 1. The van der Waals surface area contributed by atoms with E-state index in [4.69, 9.17) is 15.7 Å². The molecule has 2 aromatic heterocycles. The summed E-state index contributed by atoms with van der Waals surface area (Å²) in [4.78, 5) is 25.2. The molecular formula is C16H17IN6O3S. The minimum atomic E-state index is -0.440. The van der Waals surface area contributed by atoms with E-state index >= 15 is 0 Å². The number of nitrogens with two attached hydrogens (primary N) is 1. The zero-order valence-electron chi connectivity index (χ0n) is 14.3. The molecule has 1 amide bonds. The van der Waals surface area contributed by atoms with Crippen LogP contribution in [0.1, 0.15) is 12.8 Å². The second-order valence-corrected chi connectivity index (χ2v) is 7.69. The van der Waals surface area contributed by atoms with Gasteiger partial charge in [-0.05, 0) is 47.2 Å². The van der Waals surface area contributed by atoms with Crippen LogP contribution in [0.25, 0.3) is 11.2 Å². The molecule has 142 valence electrons. The van der Waals surface area contributed by atoms with Gasteiger partial charge in [0.25, 0.3) is 0 Å². The molecule has 0 radical (unpaired) electrons. The Hall–Kier alpha value is -2.12. The quantitative estimate of drug-likeness (QED) is 0.257.